The van der Waals surface area contributed by atoms with Gasteiger partial charge in [-0.1, -0.05) is 24.0 Å². The summed E-state index contributed by atoms with van der Waals surface area (Å²) in [6, 6.07) is 13.8. The minimum Gasteiger partial charge on any atom is -0.397 e. The molecule has 0 radical (unpaired) electrons. The molecule has 3 aliphatic rings. The average Bonchev–Trinajstić information content (AvgIpc) is 3.68. The summed E-state index contributed by atoms with van der Waals surface area (Å²) in [4.78, 5) is 91.6. The fourth-order valence-electron chi connectivity index (χ4n) is 7.36. The number of amides is 5. The van der Waals surface area contributed by atoms with Gasteiger partial charge in [0, 0.05) is 56.7 Å². The van der Waals surface area contributed by atoms with Crippen molar-refractivity contribution in [1.29, 1.82) is 0 Å². The molecule has 0 saturated carbocycles. The average molecular weight is 729 g/mol. The number of H-pyrrole nitrogens is 2. The number of rotatable bonds is 6. The van der Waals surface area contributed by atoms with Crippen LogP contribution in [0.2, 0.25) is 0 Å². The zero-order valence-corrected chi connectivity index (χ0v) is 28.8. The van der Waals surface area contributed by atoms with Gasteiger partial charge < -0.3 is 25.5 Å². The standard InChI is InChI=1S/C39H33FN8O6/c40-24-9-5-10-26-32(24)34(41)33(37(52)44-26)35-42-25-13-12-22(20-27(25)43-35)46-16-18-47(19-17-46)30(50)11-3-1-2-6-21-7-4-8-23-31(21)39(54)48(38(23)53)28-14-15-29(49)45-36(28)51/h4-5,7-10,12-13,20,28H,1,3,11,14-19H2,(H,42,43)(H3,41,44,52)(H,45,49,51). The van der Waals surface area contributed by atoms with Crippen LogP contribution in [0.5, 0.6) is 0 Å². The van der Waals surface area contributed by atoms with Crippen LogP contribution < -0.4 is 21.5 Å². The van der Waals surface area contributed by atoms with Crippen LogP contribution in [0.4, 0.5) is 15.8 Å². The minimum atomic E-state index is -1.05. The van der Waals surface area contributed by atoms with Gasteiger partial charge in [0.2, 0.25) is 17.7 Å². The number of piperidine rings is 1. The van der Waals surface area contributed by atoms with Crippen LogP contribution in [0.1, 0.15) is 58.4 Å². The van der Waals surface area contributed by atoms with Crippen LogP contribution in [-0.4, -0.2) is 86.5 Å². The maximum absolute atomic E-state index is 14.6. The van der Waals surface area contributed by atoms with Crippen molar-refractivity contribution in [2.24, 2.45) is 0 Å². The lowest BCUT2D eigenvalue weighted by molar-refractivity contribution is -0.136. The summed E-state index contributed by atoms with van der Waals surface area (Å²) in [5, 5.41) is 2.32. The number of imide groups is 2. The Morgan fingerprint density at radius 2 is 1.72 bits per heavy atom. The summed E-state index contributed by atoms with van der Waals surface area (Å²) in [6.45, 7) is 2.27. The van der Waals surface area contributed by atoms with Gasteiger partial charge in [-0.25, -0.2) is 9.37 Å². The predicted molar refractivity (Wildman–Crippen MR) is 197 cm³/mol. The smallest absolute Gasteiger partial charge is 0.263 e. The molecule has 5 aromatic rings. The van der Waals surface area contributed by atoms with Crippen LogP contribution in [0.3, 0.4) is 0 Å². The highest BCUT2D eigenvalue weighted by molar-refractivity contribution is 6.24. The van der Waals surface area contributed by atoms with E-state index in [4.69, 9.17) is 5.73 Å². The van der Waals surface area contributed by atoms with E-state index in [-0.39, 0.29) is 52.3 Å². The number of nitrogen functional groups attached to an aromatic ring is 1. The third kappa shape index (κ3) is 6.01. The highest BCUT2D eigenvalue weighted by Crippen LogP contribution is 2.32. The summed E-state index contributed by atoms with van der Waals surface area (Å²) >= 11 is 0. The molecule has 1 atom stereocenters. The maximum atomic E-state index is 14.6. The van der Waals surface area contributed by atoms with Crippen LogP contribution in [0.15, 0.2) is 59.4 Å². The molecule has 15 heteroatoms. The molecular weight excluding hydrogens is 695 g/mol. The zero-order chi connectivity index (χ0) is 37.7. The van der Waals surface area contributed by atoms with E-state index < -0.39 is 41.0 Å². The van der Waals surface area contributed by atoms with Crippen molar-refractivity contribution < 1.29 is 28.4 Å². The Hall–Kier alpha value is -6.82. The Morgan fingerprint density at radius 3 is 2.52 bits per heavy atom. The summed E-state index contributed by atoms with van der Waals surface area (Å²) in [7, 11) is 0. The van der Waals surface area contributed by atoms with Crippen molar-refractivity contribution in [1.82, 2.24) is 30.1 Å². The number of halogens is 1. The van der Waals surface area contributed by atoms with Gasteiger partial charge in [-0.15, -0.1) is 0 Å². The van der Waals surface area contributed by atoms with Gasteiger partial charge >= 0.3 is 0 Å². The SMILES string of the molecule is Nc1c(-c2nc3ccc(N4CCN(C(=O)CCCC#Cc5cccc6c5C(=O)N(C5CCC(=O)NC5=O)C6=O)CC4)cc3[nH]2)c(=O)[nH]c2cccc(F)c12. The first-order valence-corrected chi connectivity index (χ1v) is 17.6. The van der Waals surface area contributed by atoms with E-state index in [0.29, 0.717) is 67.6 Å². The molecule has 3 aliphatic heterocycles. The summed E-state index contributed by atoms with van der Waals surface area (Å²) in [6.07, 6.45) is 1.31. The van der Waals surface area contributed by atoms with Gasteiger partial charge in [-0.2, -0.15) is 0 Å². The number of aromatic amines is 2. The number of benzene rings is 3. The number of nitrogens with zero attached hydrogens (tertiary/aromatic N) is 4. The molecule has 0 bridgehead atoms. The summed E-state index contributed by atoms with van der Waals surface area (Å²) < 4.78 is 14.6. The van der Waals surface area contributed by atoms with E-state index in [1.165, 1.54) is 18.2 Å². The number of nitrogens with one attached hydrogen (secondary N) is 3. The van der Waals surface area contributed by atoms with Crippen molar-refractivity contribution in [3.05, 3.63) is 87.5 Å². The number of fused-ring (bicyclic) bond motifs is 3. The number of hydrogen-bond donors (Lipinski definition) is 4. The summed E-state index contributed by atoms with van der Waals surface area (Å²) in [5.74, 6) is 3.39. The summed E-state index contributed by atoms with van der Waals surface area (Å²) in [5.41, 5.74) is 9.06. The maximum Gasteiger partial charge on any atom is 0.263 e. The molecule has 0 spiro atoms. The van der Waals surface area contributed by atoms with E-state index in [1.54, 1.807) is 18.2 Å². The van der Waals surface area contributed by atoms with Gasteiger partial charge in [0.05, 0.1) is 38.8 Å². The van der Waals surface area contributed by atoms with E-state index in [0.717, 1.165) is 10.6 Å². The van der Waals surface area contributed by atoms with Crippen LogP contribution in [-0.2, 0) is 14.4 Å². The third-order valence-electron chi connectivity index (χ3n) is 10.1. The number of piperazine rings is 1. The van der Waals surface area contributed by atoms with Gasteiger partial charge in [0.1, 0.15) is 23.2 Å². The van der Waals surface area contributed by atoms with Crippen LogP contribution in [0, 0.1) is 17.7 Å². The Labute approximate surface area is 306 Å². The highest BCUT2D eigenvalue weighted by atomic mass is 19.1. The highest BCUT2D eigenvalue weighted by Gasteiger charge is 2.45. The second-order valence-corrected chi connectivity index (χ2v) is 13.4. The molecule has 272 valence electrons. The first-order chi connectivity index (χ1) is 26.1. The Kier molecular flexibility index (Phi) is 8.65. The van der Waals surface area contributed by atoms with E-state index >= 15 is 0 Å². The third-order valence-corrected chi connectivity index (χ3v) is 10.1. The van der Waals surface area contributed by atoms with E-state index in [1.807, 2.05) is 23.1 Å². The molecule has 3 aromatic carbocycles. The lowest BCUT2D eigenvalue weighted by atomic mass is 10.0. The number of imidazole rings is 1. The van der Waals surface area contributed by atoms with Crippen molar-refractivity contribution >= 4 is 62.8 Å². The fraction of sp³-hybridized carbons (Fsp3) is 0.256. The number of pyridine rings is 1. The Bertz CT molecular complexity index is 2560. The monoisotopic (exact) mass is 728 g/mol. The zero-order valence-electron chi connectivity index (χ0n) is 28.8. The number of carbonyl (C=O) groups is 5. The topological polar surface area (TPSA) is 195 Å². The van der Waals surface area contributed by atoms with Gasteiger partial charge in [0.15, 0.2) is 0 Å². The molecule has 2 fully saturated rings. The lowest BCUT2D eigenvalue weighted by Gasteiger charge is -2.36. The predicted octanol–water partition coefficient (Wildman–Crippen LogP) is 3.06. The second-order valence-electron chi connectivity index (χ2n) is 13.4. The molecule has 0 aliphatic carbocycles. The number of carbonyl (C=O) groups excluding carboxylic acids is 5. The number of unbranched alkanes of at least 4 members (excludes halogenated alkanes) is 1. The van der Waals surface area contributed by atoms with Crippen molar-refractivity contribution in [3.63, 3.8) is 0 Å². The molecule has 8 rings (SSSR count). The first-order valence-electron chi connectivity index (χ1n) is 17.6. The quantitative estimate of drug-likeness (QED) is 0.116. The van der Waals surface area contributed by atoms with E-state index in [9.17, 15) is 33.2 Å². The molecule has 54 heavy (non-hydrogen) atoms. The Balaban J connectivity index is 0.864. The number of hydrogen-bond acceptors (Lipinski definition) is 9. The lowest BCUT2D eigenvalue weighted by Crippen LogP contribution is -2.54. The van der Waals surface area contributed by atoms with Gasteiger partial charge in [-0.05, 0) is 55.3 Å². The number of nitrogens with two attached hydrogens (primary N) is 1. The van der Waals surface area contributed by atoms with Crippen molar-refractivity contribution in [2.75, 3.05) is 36.8 Å². The van der Waals surface area contributed by atoms with Gasteiger partial charge in [0.25, 0.3) is 17.4 Å². The molecule has 1 unspecified atom stereocenters. The molecule has 14 nitrogen and oxygen atoms in total. The number of anilines is 2. The number of aromatic nitrogens is 3. The molecule has 5 amide bonds. The minimum absolute atomic E-state index is 0.00703. The van der Waals surface area contributed by atoms with Crippen molar-refractivity contribution in [2.45, 2.75) is 38.1 Å². The van der Waals surface area contributed by atoms with Crippen molar-refractivity contribution in [3.8, 4) is 23.2 Å². The molecule has 2 saturated heterocycles. The van der Waals surface area contributed by atoms with Gasteiger partial charge in [-0.3, -0.25) is 39.0 Å². The molecule has 5 N–H and O–H groups in total. The normalized spacial score (nSPS) is 17.2. The second kappa shape index (κ2) is 13.6. The fourth-order valence-corrected chi connectivity index (χ4v) is 7.36. The van der Waals surface area contributed by atoms with Crippen LogP contribution >= 0.6 is 0 Å². The van der Waals surface area contributed by atoms with E-state index in [2.05, 4.69) is 37.0 Å². The molecular formula is C39H33FN8O6. The Morgan fingerprint density at radius 1 is 0.926 bits per heavy atom. The van der Waals surface area contributed by atoms with Crippen LogP contribution in [0.25, 0.3) is 33.3 Å². The molecule has 5 heterocycles. The first kappa shape index (κ1) is 34.3. The molecule has 2 aromatic heterocycles. The largest absolute Gasteiger partial charge is 0.397 e.